The topological polar surface area (TPSA) is 66.7 Å². The highest BCUT2D eigenvalue weighted by Crippen LogP contribution is 2.30. The van der Waals surface area contributed by atoms with Crippen molar-refractivity contribution >= 4 is 16.6 Å². The monoisotopic (exact) mass is 306 g/mol. The first kappa shape index (κ1) is 14.3. The lowest BCUT2D eigenvalue weighted by Gasteiger charge is -2.28. The molecule has 1 fully saturated rings. The maximum Gasteiger partial charge on any atom is 0.0723 e. The summed E-state index contributed by atoms with van der Waals surface area (Å²) in [5.41, 5.74) is 10.6. The minimum atomic E-state index is 0.377. The van der Waals surface area contributed by atoms with Gasteiger partial charge < -0.3 is 16.0 Å². The summed E-state index contributed by atoms with van der Waals surface area (Å²) in [6.45, 7) is 0. The Balaban J connectivity index is 1.67. The van der Waals surface area contributed by atoms with Crippen LogP contribution >= 0.6 is 0 Å². The first-order chi connectivity index (χ1) is 11.3. The molecule has 0 atom stereocenters. The van der Waals surface area contributed by atoms with Gasteiger partial charge in [0.15, 0.2) is 0 Å². The van der Waals surface area contributed by atoms with Crippen LogP contribution in [0.3, 0.4) is 0 Å². The van der Waals surface area contributed by atoms with Crippen LogP contribution in [0.15, 0.2) is 48.9 Å². The Labute approximate surface area is 136 Å². The fraction of sp³-hybridized carbons (Fsp3) is 0.316. The summed E-state index contributed by atoms with van der Waals surface area (Å²) >= 11 is 0. The SMILES string of the molecule is NC1CCC(Nc2ccnc3ccc(-c4cc[nH]c4)cc23)CC1. The first-order valence-corrected chi connectivity index (χ1v) is 8.33. The largest absolute Gasteiger partial charge is 0.382 e. The molecule has 118 valence electrons. The molecule has 4 nitrogen and oxygen atoms in total. The lowest BCUT2D eigenvalue weighted by molar-refractivity contribution is 0.411. The number of anilines is 1. The van der Waals surface area contributed by atoms with Gasteiger partial charge in [0.2, 0.25) is 0 Å². The molecule has 0 spiro atoms. The number of aromatic nitrogens is 2. The van der Waals surface area contributed by atoms with Crippen LogP contribution in [0.2, 0.25) is 0 Å². The number of nitrogens with zero attached hydrogens (tertiary/aromatic N) is 1. The van der Waals surface area contributed by atoms with Gasteiger partial charge in [0, 0.05) is 41.7 Å². The summed E-state index contributed by atoms with van der Waals surface area (Å²) in [4.78, 5) is 7.62. The standard InChI is InChI=1S/C19H22N4/c20-15-2-4-16(5-3-15)23-19-8-10-22-18-6-1-13(11-17(18)19)14-7-9-21-12-14/h1,6-12,15-16,21H,2-5,20H2,(H,22,23). The van der Waals surface area contributed by atoms with Crippen molar-refractivity contribution < 1.29 is 0 Å². The number of H-pyrrole nitrogens is 1. The summed E-state index contributed by atoms with van der Waals surface area (Å²) in [5.74, 6) is 0. The zero-order valence-corrected chi connectivity index (χ0v) is 13.1. The van der Waals surface area contributed by atoms with E-state index in [0.29, 0.717) is 12.1 Å². The van der Waals surface area contributed by atoms with Crippen LogP contribution in [0.4, 0.5) is 5.69 Å². The Bertz CT molecular complexity index is 786. The molecule has 0 bridgehead atoms. The molecule has 1 aliphatic rings. The zero-order chi connectivity index (χ0) is 15.6. The number of pyridine rings is 1. The number of rotatable bonds is 3. The summed E-state index contributed by atoms with van der Waals surface area (Å²) in [5, 5.41) is 4.90. The molecule has 0 saturated heterocycles. The van der Waals surface area contributed by atoms with E-state index in [-0.39, 0.29) is 0 Å². The fourth-order valence-corrected chi connectivity index (χ4v) is 3.44. The van der Waals surface area contributed by atoms with Crippen LogP contribution in [0.25, 0.3) is 22.0 Å². The van der Waals surface area contributed by atoms with Crippen molar-refractivity contribution in [2.45, 2.75) is 37.8 Å². The van der Waals surface area contributed by atoms with Gasteiger partial charge in [-0.1, -0.05) is 6.07 Å². The van der Waals surface area contributed by atoms with E-state index in [4.69, 9.17) is 5.73 Å². The molecule has 1 aliphatic carbocycles. The van der Waals surface area contributed by atoms with Gasteiger partial charge in [-0.05, 0) is 61.1 Å². The number of nitrogens with two attached hydrogens (primary N) is 1. The molecule has 4 heteroatoms. The van der Waals surface area contributed by atoms with E-state index in [1.165, 1.54) is 22.2 Å². The molecule has 4 N–H and O–H groups in total. The molecule has 2 heterocycles. The van der Waals surface area contributed by atoms with Crippen molar-refractivity contribution in [2.24, 2.45) is 5.73 Å². The molecular weight excluding hydrogens is 284 g/mol. The first-order valence-electron chi connectivity index (χ1n) is 8.33. The average Bonchev–Trinajstić information content (AvgIpc) is 3.11. The molecule has 0 radical (unpaired) electrons. The van der Waals surface area contributed by atoms with Gasteiger partial charge in [-0.25, -0.2) is 0 Å². The van der Waals surface area contributed by atoms with E-state index < -0.39 is 0 Å². The number of nitrogens with one attached hydrogen (secondary N) is 2. The van der Waals surface area contributed by atoms with Gasteiger partial charge in [-0.15, -0.1) is 0 Å². The van der Waals surface area contributed by atoms with Crippen molar-refractivity contribution in [3.63, 3.8) is 0 Å². The minimum Gasteiger partial charge on any atom is -0.382 e. The van der Waals surface area contributed by atoms with Gasteiger partial charge in [-0.3, -0.25) is 4.98 Å². The second-order valence-electron chi connectivity index (χ2n) is 6.45. The van der Waals surface area contributed by atoms with E-state index in [0.717, 1.165) is 31.2 Å². The molecule has 1 aromatic carbocycles. The van der Waals surface area contributed by atoms with Gasteiger partial charge in [-0.2, -0.15) is 0 Å². The average molecular weight is 306 g/mol. The van der Waals surface area contributed by atoms with E-state index in [9.17, 15) is 0 Å². The number of fused-ring (bicyclic) bond motifs is 1. The second-order valence-corrected chi connectivity index (χ2v) is 6.45. The number of hydrogen-bond acceptors (Lipinski definition) is 3. The lowest BCUT2D eigenvalue weighted by Crippen LogP contribution is -2.32. The number of hydrogen-bond donors (Lipinski definition) is 3. The van der Waals surface area contributed by atoms with E-state index in [1.54, 1.807) is 0 Å². The molecule has 4 rings (SSSR count). The normalized spacial score (nSPS) is 21.4. The predicted molar refractivity (Wildman–Crippen MR) is 95.4 cm³/mol. The van der Waals surface area contributed by atoms with Gasteiger partial charge >= 0.3 is 0 Å². The van der Waals surface area contributed by atoms with E-state index in [1.807, 2.05) is 18.6 Å². The summed E-state index contributed by atoms with van der Waals surface area (Å²) in [6, 6.07) is 11.5. The third kappa shape index (κ3) is 2.94. The quantitative estimate of drug-likeness (QED) is 0.687. The number of benzene rings is 1. The summed E-state index contributed by atoms with van der Waals surface area (Å²) < 4.78 is 0. The smallest absolute Gasteiger partial charge is 0.0723 e. The minimum absolute atomic E-state index is 0.377. The maximum atomic E-state index is 6.01. The predicted octanol–water partition coefficient (Wildman–Crippen LogP) is 3.91. The molecule has 2 aromatic heterocycles. The Morgan fingerprint density at radius 2 is 1.91 bits per heavy atom. The molecule has 0 unspecified atom stereocenters. The van der Waals surface area contributed by atoms with Gasteiger partial charge in [0.05, 0.1) is 5.52 Å². The van der Waals surface area contributed by atoms with Crippen molar-refractivity contribution in [2.75, 3.05) is 5.32 Å². The molecule has 23 heavy (non-hydrogen) atoms. The van der Waals surface area contributed by atoms with Crippen LogP contribution in [-0.2, 0) is 0 Å². The highest BCUT2D eigenvalue weighted by atomic mass is 14.9. The molecule has 3 aromatic rings. The van der Waals surface area contributed by atoms with Crippen LogP contribution in [0.1, 0.15) is 25.7 Å². The Hall–Kier alpha value is -2.33. The lowest BCUT2D eigenvalue weighted by atomic mass is 9.91. The fourth-order valence-electron chi connectivity index (χ4n) is 3.44. The second kappa shape index (κ2) is 6.05. The molecule has 1 saturated carbocycles. The Morgan fingerprint density at radius 3 is 2.70 bits per heavy atom. The van der Waals surface area contributed by atoms with Crippen molar-refractivity contribution in [1.82, 2.24) is 9.97 Å². The summed E-state index contributed by atoms with van der Waals surface area (Å²) in [7, 11) is 0. The molecule has 0 aliphatic heterocycles. The van der Waals surface area contributed by atoms with Crippen LogP contribution in [-0.4, -0.2) is 22.1 Å². The highest BCUT2D eigenvalue weighted by Gasteiger charge is 2.19. The van der Waals surface area contributed by atoms with E-state index in [2.05, 4.69) is 45.6 Å². The van der Waals surface area contributed by atoms with Crippen molar-refractivity contribution in [1.29, 1.82) is 0 Å². The van der Waals surface area contributed by atoms with Gasteiger partial charge in [0.25, 0.3) is 0 Å². The van der Waals surface area contributed by atoms with Crippen LogP contribution in [0.5, 0.6) is 0 Å². The van der Waals surface area contributed by atoms with Crippen molar-refractivity contribution in [3.05, 3.63) is 48.9 Å². The zero-order valence-electron chi connectivity index (χ0n) is 13.1. The Kier molecular flexibility index (Phi) is 3.75. The molecular formula is C19H22N4. The van der Waals surface area contributed by atoms with Crippen molar-refractivity contribution in [3.8, 4) is 11.1 Å². The molecule has 0 amide bonds. The maximum absolute atomic E-state index is 6.01. The van der Waals surface area contributed by atoms with Crippen LogP contribution < -0.4 is 11.1 Å². The van der Waals surface area contributed by atoms with Crippen LogP contribution in [0, 0.1) is 0 Å². The highest BCUT2D eigenvalue weighted by molar-refractivity contribution is 5.94. The number of aromatic amines is 1. The van der Waals surface area contributed by atoms with E-state index >= 15 is 0 Å². The van der Waals surface area contributed by atoms with Gasteiger partial charge in [0.1, 0.15) is 0 Å². The third-order valence-corrected chi connectivity index (χ3v) is 4.80. The summed E-state index contributed by atoms with van der Waals surface area (Å²) in [6.07, 6.45) is 10.4. The third-order valence-electron chi connectivity index (χ3n) is 4.80. The Morgan fingerprint density at radius 1 is 1.04 bits per heavy atom.